The van der Waals surface area contributed by atoms with Crippen molar-refractivity contribution in [2.45, 2.75) is 46.6 Å². The maximum absolute atomic E-state index is 5.75. The van der Waals surface area contributed by atoms with Crippen LogP contribution in [0.2, 0.25) is 0 Å². The van der Waals surface area contributed by atoms with Crippen molar-refractivity contribution in [1.29, 1.82) is 0 Å². The number of nitrogens with zero attached hydrogens (tertiary/aromatic N) is 1. The van der Waals surface area contributed by atoms with E-state index in [2.05, 4.69) is 32.6 Å². The monoisotopic (exact) mass is 260 g/mol. The Bertz CT molecular complexity index is 231. The predicted octanol–water partition coefficient (Wildman–Crippen LogP) is 2.44. The molecule has 0 aromatic rings. The highest BCUT2D eigenvalue weighted by Gasteiger charge is 2.23. The zero-order valence-corrected chi connectivity index (χ0v) is 12.8. The van der Waals surface area contributed by atoms with Crippen LogP contribution in [0.3, 0.4) is 0 Å². The molecule has 0 saturated heterocycles. The van der Waals surface area contributed by atoms with Crippen molar-refractivity contribution in [2.75, 3.05) is 26.8 Å². The van der Waals surface area contributed by atoms with Crippen LogP contribution < -0.4 is 5.73 Å². The summed E-state index contributed by atoms with van der Waals surface area (Å²) in [6.07, 6.45) is 2.15. The van der Waals surface area contributed by atoms with Crippen LogP contribution in [0.1, 0.15) is 40.5 Å². The Morgan fingerprint density at radius 2 is 2.00 bits per heavy atom. The molecule has 0 fully saturated rings. The molecule has 0 aliphatic rings. The molecule has 0 aliphatic carbocycles. The molecule has 0 heterocycles. The van der Waals surface area contributed by atoms with E-state index in [1.165, 1.54) is 0 Å². The molecule has 3 nitrogen and oxygen atoms in total. The summed E-state index contributed by atoms with van der Waals surface area (Å²) in [5.41, 5.74) is 5.69. The molecule has 0 bridgehead atoms. The van der Waals surface area contributed by atoms with Crippen LogP contribution in [0.15, 0.2) is 0 Å². The van der Waals surface area contributed by atoms with Crippen molar-refractivity contribution in [3.8, 4) is 0 Å². The highest BCUT2D eigenvalue weighted by atomic mass is 32.1. The lowest BCUT2D eigenvalue weighted by atomic mass is 9.89. The fraction of sp³-hybridized carbons (Fsp3) is 0.923. The second-order valence-corrected chi connectivity index (χ2v) is 5.72. The van der Waals surface area contributed by atoms with E-state index in [1.54, 1.807) is 7.11 Å². The number of methoxy groups -OCH3 is 1. The molecule has 4 heteroatoms. The van der Waals surface area contributed by atoms with Gasteiger partial charge in [0.15, 0.2) is 0 Å². The van der Waals surface area contributed by atoms with Crippen LogP contribution in [0, 0.1) is 5.41 Å². The van der Waals surface area contributed by atoms with Gasteiger partial charge in [-0.1, -0.05) is 33.0 Å². The van der Waals surface area contributed by atoms with Gasteiger partial charge in [0, 0.05) is 25.1 Å². The fourth-order valence-corrected chi connectivity index (χ4v) is 1.67. The maximum Gasteiger partial charge on any atom is 0.0784 e. The Balaban J connectivity index is 4.29. The van der Waals surface area contributed by atoms with Crippen LogP contribution in [0.5, 0.6) is 0 Å². The van der Waals surface area contributed by atoms with Gasteiger partial charge in [0.1, 0.15) is 0 Å². The minimum atomic E-state index is -0.0614. The Morgan fingerprint density at radius 1 is 1.41 bits per heavy atom. The number of thiocarbonyl (C=S) groups is 1. The Hall–Kier alpha value is -0.190. The fourth-order valence-electron chi connectivity index (χ4n) is 1.57. The lowest BCUT2D eigenvalue weighted by Crippen LogP contribution is -2.40. The minimum absolute atomic E-state index is 0.0614. The molecule has 0 saturated carbocycles. The minimum Gasteiger partial charge on any atom is -0.393 e. The smallest absolute Gasteiger partial charge is 0.0784 e. The summed E-state index contributed by atoms with van der Waals surface area (Å²) in [4.78, 5) is 3.05. The highest BCUT2D eigenvalue weighted by Crippen LogP contribution is 2.21. The molecule has 102 valence electrons. The van der Waals surface area contributed by atoms with Gasteiger partial charge in [-0.2, -0.15) is 0 Å². The van der Waals surface area contributed by atoms with Gasteiger partial charge in [0.2, 0.25) is 0 Å². The first-order valence-corrected chi connectivity index (χ1v) is 6.78. The molecular weight excluding hydrogens is 232 g/mol. The van der Waals surface area contributed by atoms with E-state index in [0.29, 0.717) is 11.0 Å². The number of nitrogens with two attached hydrogens (primary N) is 1. The third-order valence-corrected chi connectivity index (χ3v) is 4.04. The zero-order chi connectivity index (χ0) is 13.5. The van der Waals surface area contributed by atoms with Crippen molar-refractivity contribution in [1.82, 2.24) is 4.90 Å². The van der Waals surface area contributed by atoms with E-state index < -0.39 is 0 Å². The Morgan fingerprint density at radius 3 is 2.41 bits per heavy atom. The first-order valence-electron chi connectivity index (χ1n) is 6.38. The van der Waals surface area contributed by atoms with E-state index in [0.717, 1.165) is 32.5 Å². The molecule has 0 aliphatic heterocycles. The average Bonchev–Trinajstić information content (AvgIpc) is 2.28. The molecule has 0 spiro atoms. The predicted molar refractivity (Wildman–Crippen MR) is 78.4 cm³/mol. The van der Waals surface area contributed by atoms with Gasteiger partial charge in [-0.15, -0.1) is 0 Å². The molecule has 0 rings (SSSR count). The number of hydrogen-bond donors (Lipinski definition) is 1. The van der Waals surface area contributed by atoms with E-state index >= 15 is 0 Å². The van der Waals surface area contributed by atoms with E-state index in [-0.39, 0.29) is 5.41 Å². The first kappa shape index (κ1) is 16.8. The number of ether oxygens (including phenoxy) is 1. The molecule has 0 aromatic heterocycles. The van der Waals surface area contributed by atoms with Gasteiger partial charge in [0.25, 0.3) is 0 Å². The second kappa shape index (κ2) is 8.01. The normalized spacial score (nSPS) is 14.0. The summed E-state index contributed by atoms with van der Waals surface area (Å²) in [7, 11) is 1.74. The van der Waals surface area contributed by atoms with Gasteiger partial charge in [0.05, 0.1) is 11.6 Å². The van der Waals surface area contributed by atoms with Gasteiger partial charge in [-0.3, -0.25) is 4.90 Å². The maximum atomic E-state index is 5.75. The van der Waals surface area contributed by atoms with Crippen LogP contribution in [0.25, 0.3) is 0 Å². The van der Waals surface area contributed by atoms with E-state index in [1.807, 2.05) is 0 Å². The standard InChI is InChI=1S/C13H28N2OS/c1-6-11(2)15(9-10-16-5)8-7-13(3,4)12(14)17/h11H,6-10H2,1-5H3,(H2,14,17). The summed E-state index contributed by atoms with van der Waals surface area (Å²) in [6.45, 7) is 11.5. The van der Waals surface area contributed by atoms with Gasteiger partial charge in [-0.25, -0.2) is 0 Å². The molecule has 0 radical (unpaired) electrons. The second-order valence-electron chi connectivity index (χ2n) is 5.28. The van der Waals surface area contributed by atoms with E-state index in [9.17, 15) is 0 Å². The van der Waals surface area contributed by atoms with Crippen LogP contribution in [-0.4, -0.2) is 42.7 Å². The third-order valence-electron chi connectivity index (χ3n) is 3.49. The summed E-state index contributed by atoms with van der Waals surface area (Å²) >= 11 is 5.10. The lowest BCUT2D eigenvalue weighted by molar-refractivity contribution is 0.116. The van der Waals surface area contributed by atoms with Crippen LogP contribution in [0.4, 0.5) is 0 Å². The van der Waals surface area contributed by atoms with Gasteiger partial charge in [-0.05, 0) is 26.3 Å². The van der Waals surface area contributed by atoms with Crippen molar-refractivity contribution < 1.29 is 4.74 Å². The molecule has 1 unspecified atom stereocenters. The number of rotatable bonds is 9. The summed E-state index contributed by atoms with van der Waals surface area (Å²) < 4.78 is 5.15. The van der Waals surface area contributed by atoms with Gasteiger partial charge < -0.3 is 10.5 Å². The van der Waals surface area contributed by atoms with E-state index in [4.69, 9.17) is 22.7 Å². The topological polar surface area (TPSA) is 38.5 Å². The van der Waals surface area contributed by atoms with Gasteiger partial charge >= 0.3 is 0 Å². The highest BCUT2D eigenvalue weighted by molar-refractivity contribution is 7.80. The SMILES string of the molecule is CCC(C)N(CCOC)CCC(C)(C)C(N)=S. The lowest BCUT2D eigenvalue weighted by Gasteiger charge is -2.32. The molecule has 17 heavy (non-hydrogen) atoms. The van der Waals surface area contributed by atoms with Crippen LogP contribution >= 0.6 is 12.2 Å². The van der Waals surface area contributed by atoms with Crippen molar-refractivity contribution in [2.24, 2.45) is 11.1 Å². The molecule has 0 aromatic carbocycles. The summed E-state index contributed by atoms with van der Waals surface area (Å²) in [5, 5.41) is 0. The third kappa shape index (κ3) is 6.34. The van der Waals surface area contributed by atoms with Crippen molar-refractivity contribution in [3.63, 3.8) is 0 Å². The first-order chi connectivity index (χ1) is 7.85. The Kier molecular flexibility index (Phi) is 7.92. The average molecular weight is 260 g/mol. The molecule has 0 amide bonds. The quantitative estimate of drug-likeness (QED) is 0.646. The zero-order valence-electron chi connectivity index (χ0n) is 12.0. The Labute approximate surface area is 112 Å². The molecule has 1 atom stereocenters. The van der Waals surface area contributed by atoms with Crippen molar-refractivity contribution >= 4 is 17.2 Å². The largest absolute Gasteiger partial charge is 0.393 e. The summed E-state index contributed by atoms with van der Waals surface area (Å²) in [6, 6.07) is 0.576. The molecule has 2 N–H and O–H groups in total. The number of hydrogen-bond acceptors (Lipinski definition) is 3. The summed E-state index contributed by atoms with van der Waals surface area (Å²) in [5.74, 6) is 0. The molecular formula is C13H28N2OS. The van der Waals surface area contributed by atoms with Crippen molar-refractivity contribution in [3.05, 3.63) is 0 Å². The van der Waals surface area contributed by atoms with Crippen LogP contribution in [-0.2, 0) is 4.74 Å².